The van der Waals surface area contributed by atoms with Crippen LogP contribution < -0.4 is 11.0 Å². The van der Waals surface area contributed by atoms with Gasteiger partial charge in [-0.05, 0) is 49.5 Å². The molecule has 0 radical (unpaired) electrons. The third-order valence-electron chi connectivity index (χ3n) is 5.62. The minimum absolute atomic E-state index is 0.166. The molecule has 0 atom stereocenters. The van der Waals surface area contributed by atoms with Crippen molar-refractivity contribution >= 4 is 22.4 Å². The zero-order valence-electron chi connectivity index (χ0n) is 17.3. The van der Waals surface area contributed by atoms with Crippen molar-refractivity contribution < 1.29 is 4.79 Å². The Morgan fingerprint density at radius 3 is 2.46 bits per heavy atom. The smallest absolute Gasteiger partial charge is 0.267 e. The van der Waals surface area contributed by atoms with E-state index >= 15 is 0 Å². The van der Waals surface area contributed by atoms with E-state index in [-0.39, 0.29) is 17.2 Å². The number of nitrogens with zero attached hydrogens (tertiary/aromatic N) is 3. The monoisotopic (exact) mass is 382 g/mol. The molecule has 1 aromatic heterocycles. The second kappa shape index (κ2) is 8.25. The van der Waals surface area contributed by atoms with Gasteiger partial charge < -0.3 is 0 Å². The van der Waals surface area contributed by atoms with Crippen LogP contribution >= 0.6 is 0 Å². The lowest BCUT2D eigenvalue weighted by Crippen LogP contribution is -2.30. The van der Waals surface area contributed by atoms with E-state index in [9.17, 15) is 9.59 Å². The van der Waals surface area contributed by atoms with E-state index in [1.54, 1.807) is 18.2 Å². The summed E-state index contributed by atoms with van der Waals surface area (Å²) in [5.74, 6) is 0.317. The zero-order valence-corrected chi connectivity index (χ0v) is 17.3. The van der Waals surface area contributed by atoms with Crippen LogP contribution in [0.5, 0.6) is 0 Å². The molecule has 6 heteroatoms. The molecule has 28 heavy (non-hydrogen) atoms. The van der Waals surface area contributed by atoms with Crippen LogP contribution in [0.1, 0.15) is 70.3 Å². The highest BCUT2D eigenvalue weighted by Gasteiger charge is 2.28. The summed E-state index contributed by atoms with van der Waals surface area (Å²) in [5, 5.41) is 9.76. The molecule has 3 rings (SSSR count). The molecule has 0 bridgehead atoms. The van der Waals surface area contributed by atoms with Crippen LogP contribution in [0.25, 0.3) is 10.8 Å². The maximum Gasteiger partial charge on any atom is 0.292 e. The largest absolute Gasteiger partial charge is 0.292 e. The number of aryl methyl sites for hydroxylation is 1. The summed E-state index contributed by atoms with van der Waals surface area (Å²) in [7, 11) is 0. The number of aromatic nitrogens is 2. The summed E-state index contributed by atoms with van der Waals surface area (Å²) >= 11 is 0. The third-order valence-corrected chi connectivity index (χ3v) is 5.62. The molecular weight excluding hydrogens is 352 g/mol. The first kappa shape index (κ1) is 20.2. The quantitative estimate of drug-likeness (QED) is 0.808. The van der Waals surface area contributed by atoms with E-state index in [0.29, 0.717) is 28.7 Å². The fourth-order valence-corrected chi connectivity index (χ4v) is 3.88. The molecule has 1 aromatic carbocycles. The van der Waals surface area contributed by atoms with Crippen LogP contribution in [-0.4, -0.2) is 21.4 Å². The highest BCUT2D eigenvalue weighted by Crippen LogP contribution is 2.36. The molecule has 150 valence electrons. The minimum atomic E-state index is -0.369. The third kappa shape index (κ3) is 4.32. The lowest BCUT2D eigenvalue weighted by atomic mass is 9.72. The summed E-state index contributed by atoms with van der Waals surface area (Å²) in [6.45, 7) is 9.30. The maximum atomic E-state index is 12.8. The lowest BCUT2D eigenvalue weighted by molar-refractivity contribution is 0.0948. The van der Waals surface area contributed by atoms with Crippen molar-refractivity contribution in [1.29, 1.82) is 0 Å². The Morgan fingerprint density at radius 2 is 1.86 bits per heavy atom. The van der Waals surface area contributed by atoms with Crippen molar-refractivity contribution in [3.63, 3.8) is 0 Å². The van der Waals surface area contributed by atoms with Gasteiger partial charge >= 0.3 is 0 Å². The molecule has 1 aliphatic rings. The lowest BCUT2D eigenvalue weighted by Gasteiger charge is -2.34. The number of benzene rings is 1. The summed E-state index contributed by atoms with van der Waals surface area (Å²) in [6.07, 6.45) is 4.78. The first-order valence-electron chi connectivity index (χ1n) is 10.2. The molecular formula is C22H30N4O2. The molecule has 1 heterocycles. The molecule has 1 amide bonds. The van der Waals surface area contributed by atoms with Crippen LogP contribution in [0, 0.1) is 11.3 Å². The van der Waals surface area contributed by atoms with Crippen LogP contribution in [0.3, 0.4) is 0 Å². The predicted octanol–water partition coefficient (Wildman–Crippen LogP) is 4.13. The van der Waals surface area contributed by atoms with Crippen LogP contribution in [0.15, 0.2) is 34.2 Å². The van der Waals surface area contributed by atoms with Crippen molar-refractivity contribution in [1.82, 2.24) is 15.2 Å². The van der Waals surface area contributed by atoms with Gasteiger partial charge in [0.25, 0.3) is 11.5 Å². The summed E-state index contributed by atoms with van der Waals surface area (Å²) in [4.78, 5) is 25.3. The summed E-state index contributed by atoms with van der Waals surface area (Å²) in [5.41, 5.74) is 4.09. The van der Waals surface area contributed by atoms with Gasteiger partial charge in [0.2, 0.25) is 0 Å². The fourth-order valence-electron chi connectivity index (χ4n) is 3.88. The van der Waals surface area contributed by atoms with Crippen molar-refractivity contribution in [3.05, 3.63) is 40.3 Å². The Kier molecular flexibility index (Phi) is 5.96. The van der Waals surface area contributed by atoms with Gasteiger partial charge in [0, 0.05) is 17.6 Å². The first-order valence-corrected chi connectivity index (χ1v) is 10.2. The van der Waals surface area contributed by atoms with Crippen molar-refractivity contribution in [2.45, 2.75) is 66.3 Å². The number of nitrogens with one attached hydrogen (secondary N) is 1. The molecule has 6 nitrogen and oxygen atoms in total. The number of hydrogen-bond donors (Lipinski definition) is 1. The van der Waals surface area contributed by atoms with Gasteiger partial charge in [0.15, 0.2) is 5.69 Å². The number of hydrogen-bond acceptors (Lipinski definition) is 4. The highest BCUT2D eigenvalue weighted by atomic mass is 16.2. The van der Waals surface area contributed by atoms with E-state index in [4.69, 9.17) is 0 Å². The average molecular weight is 383 g/mol. The van der Waals surface area contributed by atoms with Gasteiger partial charge in [-0.2, -0.15) is 10.2 Å². The molecule has 0 spiro atoms. The van der Waals surface area contributed by atoms with Gasteiger partial charge in [0.05, 0.1) is 5.39 Å². The normalized spacial score (nSPS) is 17.6. The minimum Gasteiger partial charge on any atom is -0.267 e. The van der Waals surface area contributed by atoms with E-state index in [1.165, 1.54) is 4.68 Å². The Morgan fingerprint density at radius 1 is 1.21 bits per heavy atom. The second-order valence-corrected chi connectivity index (χ2v) is 8.68. The Labute approximate surface area is 166 Å². The number of rotatable bonds is 4. The Bertz CT molecular complexity index is 943. The average Bonchev–Trinajstić information content (AvgIpc) is 2.68. The van der Waals surface area contributed by atoms with E-state index < -0.39 is 0 Å². The molecule has 1 fully saturated rings. The molecule has 1 saturated carbocycles. The standard InChI is InChI=1S/C22H30N4O2/c1-5-14-26-21(28)18-9-7-6-8-17(18)19(25-26)20(27)24-23-16-12-10-15(11-13-16)22(2,3)4/h6-9,15H,5,10-14H2,1-4H3,(H,24,27). The second-order valence-electron chi connectivity index (χ2n) is 8.68. The van der Waals surface area contributed by atoms with E-state index in [1.807, 2.05) is 13.0 Å². The topological polar surface area (TPSA) is 76.3 Å². The van der Waals surface area contributed by atoms with Crippen LogP contribution in [-0.2, 0) is 6.54 Å². The van der Waals surface area contributed by atoms with Gasteiger partial charge in [-0.3, -0.25) is 9.59 Å². The van der Waals surface area contributed by atoms with E-state index in [2.05, 4.69) is 36.4 Å². The molecule has 0 aliphatic heterocycles. The van der Waals surface area contributed by atoms with Gasteiger partial charge in [0.1, 0.15) is 0 Å². The van der Waals surface area contributed by atoms with Gasteiger partial charge in [-0.25, -0.2) is 10.1 Å². The van der Waals surface area contributed by atoms with Crippen LogP contribution in [0.2, 0.25) is 0 Å². The molecule has 0 unspecified atom stereocenters. The molecule has 1 aliphatic carbocycles. The zero-order chi connectivity index (χ0) is 20.3. The van der Waals surface area contributed by atoms with Crippen LogP contribution in [0.4, 0.5) is 0 Å². The van der Waals surface area contributed by atoms with Crippen molar-refractivity contribution in [3.8, 4) is 0 Å². The van der Waals surface area contributed by atoms with Gasteiger partial charge in [-0.1, -0.05) is 45.9 Å². The number of hydrazone groups is 1. The fraction of sp³-hybridized carbons (Fsp3) is 0.545. The number of amides is 1. The number of carbonyl (C=O) groups excluding carboxylic acids is 1. The number of carbonyl (C=O) groups is 1. The number of fused-ring (bicyclic) bond motifs is 1. The first-order chi connectivity index (χ1) is 13.3. The summed E-state index contributed by atoms with van der Waals surface area (Å²) in [6, 6.07) is 7.11. The summed E-state index contributed by atoms with van der Waals surface area (Å²) < 4.78 is 1.37. The Hall–Kier alpha value is -2.50. The molecule has 2 aromatic rings. The van der Waals surface area contributed by atoms with E-state index in [0.717, 1.165) is 37.8 Å². The predicted molar refractivity (Wildman–Crippen MR) is 113 cm³/mol. The molecule has 1 N–H and O–H groups in total. The Balaban J connectivity index is 1.81. The van der Waals surface area contributed by atoms with Crippen molar-refractivity contribution in [2.24, 2.45) is 16.4 Å². The molecule has 0 saturated heterocycles. The van der Waals surface area contributed by atoms with Gasteiger partial charge in [-0.15, -0.1) is 0 Å². The SMILES string of the molecule is CCCn1nc(C(=O)NN=C2CCC(C(C)(C)C)CC2)c2ccccc2c1=O. The maximum absolute atomic E-state index is 12.8. The highest BCUT2D eigenvalue weighted by molar-refractivity contribution is 6.05. The van der Waals surface area contributed by atoms with Crippen molar-refractivity contribution in [2.75, 3.05) is 0 Å².